The molecule has 32 heavy (non-hydrogen) atoms. The Bertz CT molecular complexity index is 1160. The van der Waals surface area contributed by atoms with Gasteiger partial charge in [0.15, 0.2) is 5.82 Å². The molecule has 3 heterocycles. The first-order valence-electron chi connectivity index (χ1n) is 10.5. The molecule has 2 aromatic heterocycles. The van der Waals surface area contributed by atoms with E-state index in [9.17, 15) is 4.39 Å². The van der Waals surface area contributed by atoms with Crippen molar-refractivity contribution >= 4 is 28.6 Å². The summed E-state index contributed by atoms with van der Waals surface area (Å²) in [7, 11) is 0. The number of hydrogen-bond acceptors (Lipinski definition) is 6. The summed E-state index contributed by atoms with van der Waals surface area (Å²) < 4.78 is 16.2. The third-order valence-electron chi connectivity index (χ3n) is 5.75. The van der Waals surface area contributed by atoms with Crippen molar-refractivity contribution in [3.63, 3.8) is 0 Å². The van der Waals surface area contributed by atoms with Crippen LogP contribution in [0.3, 0.4) is 0 Å². The van der Waals surface area contributed by atoms with Gasteiger partial charge in [0.05, 0.1) is 18.3 Å². The number of para-hydroxylation sites is 1. The van der Waals surface area contributed by atoms with E-state index in [1.54, 1.807) is 17.4 Å². The number of tetrazole rings is 1. The Hall–Kier alpha value is -2.81. The second-order valence-corrected chi connectivity index (χ2v) is 9.17. The lowest BCUT2D eigenvalue weighted by Gasteiger charge is -2.40. The molecule has 0 N–H and O–H groups in total. The Morgan fingerprint density at radius 1 is 0.969 bits per heavy atom. The molecule has 0 aliphatic carbocycles. The van der Waals surface area contributed by atoms with E-state index >= 15 is 0 Å². The van der Waals surface area contributed by atoms with E-state index in [0.717, 1.165) is 37.6 Å². The molecule has 0 spiro atoms. The standard InChI is InChI=1S/C23H22ClFN6S/c24-18-9-7-17(8-10-18)22(23-26-27-28-31(23)16-19-4-3-15-32-19)30-13-11-29(12-14-30)21-6-2-1-5-20(21)25/h1-10,15,22H,11-14,16H2. The molecule has 1 aliphatic rings. The average Bonchev–Trinajstić information content (AvgIpc) is 3.49. The molecule has 164 valence electrons. The molecule has 4 aromatic rings. The highest BCUT2D eigenvalue weighted by Crippen LogP contribution is 2.31. The summed E-state index contributed by atoms with van der Waals surface area (Å²) in [5.74, 6) is 0.607. The zero-order chi connectivity index (χ0) is 21.9. The van der Waals surface area contributed by atoms with E-state index in [0.29, 0.717) is 17.3 Å². The lowest BCUT2D eigenvalue weighted by atomic mass is 10.0. The molecule has 0 amide bonds. The summed E-state index contributed by atoms with van der Waals surface area (Å²) in [6.07, 6.45) is 0. The molecular formula is C23H22ClFN6S. The van der Waals surface area contributed by atoms with Crippen LogP contribution >= 0.6 is 22.9 Å². The second-order valence-electron chi connectivity index (χ2n) is 7.70. The first-order valence-corrected chi connectivity index (χ1v) is 11.7. The van der Waals surface area contributed by atoms with Crippen LogP contribution in [0.1, 0.15) is 22.3 Å². The lowest BCUT2D eigenvalue weighted by molar-refractivity contribution is 0.201. The van der Waals surface area contributed by atoms with Crippen molar-refractivity contribution in [1.82, 2.24) is 25.1 Å². The highest BCUT2D eigenvalue weighted by atomic mass is 35.5. The van der Waals surface area contributed by atoms with Crippen molar-refractivity contribution in [2.45, 2.75) is 12.6 Å². The molecule has 1 aliphatic heterocycles. The maximum Gasteiger partial charge on any atom is 0.173 e. The minimum atomic E-state index is -0.185. The predicted molar refractivity (Wildman–Crippen MR) is 125 cm³/mol. The number of thiophene rings is 1. The van der Waals surface area contributed by atoms with Gasteiger partial charge in [-0.25, -0.2) is 9.07 Å². The van der Waals surface area contributed by atoms with E-state index in [4.69, 9.17) is 11.6 Å². The second kappa shape index (κ2) is 9.36. The van der Waals surface area contributed by atoms with Gasteiger partial charge in [0.25, 0.3) is 0 Å². The average molecular weight is 469 g/mol. The topological polar surface area (TPSA) is 50.1 Å². The molecule has 6 nitrogen and oxygen atoms in total. The van der Waals surface area contributed by atoms with Crippen LogP contribution in [0.25, 0.3) is 0 Å². The number of hydrogen-bond donors (Lipinski definition) is 0. The van der Waals surface area contributed by atoms with Crippen LogP contribution in [-0.2, 0) is 6.54 Å². The summed E-state index contributed by atoms with van der Waals surface area (Å²) in [6, 6.07) is 18.8. The van der Waals surface area contributed by atoms with Gasteiger partial charge in [0.1, 0.15) is 5.82 Å². The number of rotatable bonds is 6. The molecule has 1 fully saturated rings. The fourth-order valence-corrected chi connectivity index (χ4v) is 4.98. The van der Waals surface area contributed by atoms with Gasteiger partial charge < -0.3 is 4.90 Å². The molecule has 5 rings (SSSR count). The normalized spacial score (nSPS) is 15.8. The summed E-state index contributed by atoms with van der Waals surface area (Å²) in [5.41, 5.74) is 1.73. The number of piperazine rings is 1. The minimum absolute atomic E-state index is 0.120. The quantitative estimate of drug-likeness (QED) is 0.417. The van der Waals surface area contributed by atoms with Gasteiger partial charge in [-0.2, -0.15) is 0 Å². The molecule has 0 saturated carbocycles. The first kappa shape index (κ1) is 21.1. The molecule has 9 heteroatoms. The van der Waals surface area contributed by atoms with Gasteiger partial charge in [-0.3, -0.25) is 4.90 Å². The van der Waals surface area contributed by atoms with Crippen LogP contribution in [0, 0.1) is 5.82 Å². The summed E-state index contributed by atoms with van der Waals surface area (Å²) in [5, 5.41) is 15.4. The fraction of sp³-hybridized carbons (Fsp3) is 0.261. The number of anilines is 1. The fourth-order valence-electron chi connectivity index (χ4n) is 4.17. The van der Waals surface area contributed by atoms with Crippen LogP contribution in [0.2, 0.25) is 5.02 Å². The summed E-state index contributed by atoms with van der Waals surface area (Å²) in [4.78, 5) is 5.65. The summed E-state index contributed by atoms with van der Waals surface area (Å²) in [6.45, 7) is 3.58. The Kier molecular flexibility index (Phi) is 6.16. The van der Waals surface area contributed by atoms with Crippen LogP contribution in [0.15, 0.2) is 66.0 Å². The van der Waals surface area contributed by atoms with E-state index in [1.807, 2.05) is 47.1 Å². The van der Waals surface area contributed by atoms with Gasteiger partial charge in [-0.15, -0.1) is 16.4 Å². The predicted octanol–water partition coefficient (Wildman–Crippen LogP) is 4.49. The molecule has 1 unspecified atom stereocenters. The van der Waals surface area contributed by atoms with E-state index in [1.165, 1.54) is 10.9 Å². The molecule has 0 bridgehead atoms. The smallest absolute Gasteiger partial charge is 0.173 e. The summed E-state index contributed by atoms with van der Waals surface area (Å²) >= 11 is 7.84. The van der Waals surface area contributed by atoms with Gasteiger partial charge in [0.2, 0.25) is 0 Å². The molecule has 2 aromatic carbocycles. The zero-order valence-corrected chi connectivity index (χ0v) is 18.9. The van der Waals surface area contributed by atoms with Crippen LogP contribution in [0.5, 0.6) is 0 Å². The molecule has 0 radical (unpaired) electrons. The molecule has 1 atom stereocenters. The maximum absolute atomic E-state index is 14.3. The number of benzene rings is 2. The zero-order valence-electron chi connectivity index (χ0n) is 17.3. The Morgan fingerprint density at radius 3 is 2.47 bits per heavy atom. The minimum Gasteiger partial charge on any atom is -0.367 e. The van der Waals surface area contributed by atoms with Crippen LogP contribution in [0.4, 0.5) is 10.1 Å². The highest BCUT2D eigenvalue weighted by molar-refractivity contribution is 7.09. The van der Waals surface area contributed by atoms with Gasteiger partial charge in [-0.05, 0) is 51.7 Å². The van der Waals surface area contributed by atoms with Crippen molar-refractivity contribution in [2.75, 3.05) is 31.1 Å². The largest absolute Gasteiger partial charge is 0.367 e. The van der Waals surface area contributed by atoms with Crippen molar-refractivity contribution in [1.29, 1.82) is 0 Å². The third kappa shape index (κ3) is 4.39. The Balaban J connectivity index is 1.43. The molecule has 1 saturated heterocycles. The van der Waals surface area contributed by atoms with Gasteiger partial charge in [0, 0.05) is 36.1 Å². The monoisotopic (exact) mass is 468 g/mol. The lowest BCUT2D eigenvalue weighted by Crippen LogP contribution is -2.48. The Labute approximate surface area is 194 Å². The van der Waals surface area contributed by atoms with Crippen LogP contribution in [-0.4, -0.2) is 51.3 Å². The SMILES string of the molecule is Fc1ccccc1N1CCN(C(c2ccc(Cl)cc2)c2nnnn2Cc2cccs2)CC1. The van der Waals surface area contributed by atoms with Crippen molar-refractivity contribution in [3.05, 3.63) is 93.1 Å². The Morgan fingerprint density at radius 2 is 1.75 bits per heavy atom. The van der Waals surface area contributed by atoms with Crippen molar-refractivity contribution in [2.24, 2.45) is 0 Å². The number of halogens is 2. The van der Waals surface area contributed by atoms with Crippen molar-refractivity contribution < 1.29 is 4.39 Å². The maximum atomic E-state index is 14.3. The van der Waals surface area contributed by atoms with Crippen LogP contribution < -0.4 is 4.90 Å². The highest BCUT2D eigenvalue weighted by Gasteiger charge is 2.31. The van der Waals surface area contributed by atoms with E-state index in [-0.39, 0.29) is 11.9 Å². The number of nitrogens with zero attached hydrogens (tertiary/aromatic N) is 6. The third-order valence-corrected chi connectivity index (χ3v) is 6.86. The van der Waals surface area contributed by atoms with E-state index in [2.05, 4.69) is 36.8 Å². The van der Waals surface area contributed by atoms with E-state index < -0.39 is 0 Å². The van der Waals surface area contributed by atoms with Gasteiger partial charge in [-0.1, -0.05) is 41.9 Å². The number of aromatic nitrogens is 4. The van der Waals surface area contributed by atoms with Gasteiger partial charge >= 0.3 is 0 Å². The van der Waals surface area contributed by atoms with Crippen molar-refractivity contribution in [3.8, 4) is 0 Å². The molecular weight excluding hydrogens is 447 g/mol. The first-order chi connectivity index (χ1) is 15.7.